The zero-order valence-corrected chi connectivity index (χ0v) is 12.2. The van der Waals surface area contributed by atoms with Crippen molar-refractivity contribution < 1.29 is 0 Å². The molecule has 0 bridgehead atoms. The lowest BCUT2D eigenvalue weighted by Crippen LogP contribution is -2.28. The first-order valence-corrected chi connectivity index (χ1v) is 6.95. The summed E-state index contributed by atoms with van der Waals surface area (Å²) in [4.78, 5) is 0. The third-order valence-corrected chi connectivity index (χ3v) is 3.74. The Balaban J connectivity index is 1.92. The van der Waals surface area contributed by atoms with Crippen molar-refractivity contribution in [3.63, 3.8) is 0 Å². The van der Waals surface area contributed by atoms with Crippen LogP contribution in [0.25, 0.3) is 0 Å². The van der Waals surface area contributed by atoms with Gasteiger partial charge in [0, 0.05) is 24.3 Å². The molecule has 1 aromatic carbocycles. The normalized spacial score (nSPS) is 12.6. The molecule has 102 valence electrons. The molecule has 1 unspecified atom stereocenters. The van der Waals surface area contributed by atoms with Crippen molar-refractivity contribution in [3.05, 3.63) is 52.8 Å². The highest BCUT2D eigenvalue weighted by atomic mass is 35.5. The summed E-state index contributed by atoms with van der Waals surface area (Å²) in [5.41, 5.74) is 2.48. The van der Waals surface area contributed by atoms with Crippen LogP contribution < -0.4 is 5.32 Å². The molecule has 0 fully saturated rings. The number of nitrogens with zero attached hydrogens (tertiary/aromatic N) is 2. The third kappa shape index (κ3) is 4.08. The second-order valence-corrected chi connectivity index (χ2v) is 5.25. The van der Waals surface area contributed by atoms with Crippen molar-refractivity contribution in [2.24, 2.45) is 7.05 Å². The summed E-state index contributed by atoms with van der Waals surface area (Å²) in [6.45, 7) is 0. The maximum absolute atomic E-state index is 6.20. The van der Waals surface area contributed by atoms with E-state index in [2.05, 4.69) is 22.7 Å². The van der Waals surface area contributed by atoms with Crippen molar-refractivity contribution in [1.29, 1.82) is 0 Å². The molecular formula is C15H20ClN3. The molecule has 1 aromatic heterocycles. The van der Waals surface area contributed by atoms with Crippen LogP contribution in [0.4, 0.5) is 0 Å². The van der Waals surface area contributed by atoms with Crippen LogP contribution in [-0.4, -0.2) is 22.9 Å². The highest BCUT2D eigenvalue weighted by Crippen LogP contribution is 2.18. The van der Waals surface area contributed by atoms with E-state index in [-0.39, 0.29) is 0 Å². The zero-order chi connectivity index (χ0) is 13.7. The number of aryl methyl sites for hydroxylation is 2. The number of benzene rings is 1. The van der Waals surface area contributed by atoms with Gasteiger partial charge < -0.3 is 5.32 Å². The van der Waals surface area contributed by atoms with Crippen molar-refractivity contribution in [1.82, 2.24) is 15.1 Å². The summed E-state index contributed by atoms with van der Waals surface area (Å²) in [5, 5.41) is 8.41. The molecule has 1 N–H and O–H groups in total. The number of rotatable bonds is 6. The molecule has 0 saturated carbocycles. The van der Waals surface area contributed by atoms with Gasteiger partial charge in [0.1, 0.15) is 0 Å². The lowest BCUT2D eigenvalue weighted by atomic mass is 10.0. The average molecular weight is 278 g/mol. The minimum Gasteiger partial charge on any atom is -0.317 e. The molecule has 0 aliphatic carbocycles. The Morgan fingerprint density at radius 1 is 1.37 bits per heavy atom. The SMILES string of the molecule is CNC(CCc1cnn(C)c1)Cc1ccccc1Cl. The number of likely N-dealkylation sites (N-methyl/N-ethyl adjacent to an activating group) is 1. The molecule has 0 aliphatic rings. The fourth-order valence-corrected chi connectivity index (χ4v) is 2.43. The molecule has 0 saturated heterocycles. The first-order chi connectivity index (χ1) is 9.19. The van der Waals surface area contributed by atoms with E-state index in [0.29, 0.717) is 6.04 Å². The molecule has 4 heteroatoms. The molecule has 19 heavy (non-hydrogen) atoms. The molecule has 3 nitrogen and oxygen atoms in total. The van der Waals surface area contributed by atoms with Crippen LogP contribution in [0.2, 0.25) is 5.02 Å². The zero-order valence-electron chi connectivity index (χ0n) is 11.4. The van der Waals surface area contributed by atoms with Crippen LogP contribution in [-0.2, 0) is 19.9 Å². The minimum atomic E-state index is 0.431. The van der Waals surface area contributed by atoms with Gasteiger partial charge >= 0.3 is 0 Å². The van der Waals surface area contributed by atoms with Gasteiger partial charge in [-0.1, -0.05) is 29.8 Å². The Morgan fingerprint density at radius 3 is 2.79 bits per heavy atom. The van der Waals surface area contributed by atoms with Gasteiger partial charge in [0.15, 0.2) is 0 Å². The van der Waals surface area contributed by atoms with Crippen molar-refractivity contribution in [3.8, 4) is 0 Å². The quantitative estimate of drug-likeness (QED) is 0.880. The predicted octanol–water partition coefficient (Wildman–Crippen LogP) is 2.84. The molecule has 2 aromatic rings. The number of nitrogens with one attached hydrogen (secondary N) is 1. The summed E-state index contributed by atoms with van der Waals surface area (Å²) >= 11 is 6.20. The van der Waals surface area contributed by atoms with Gasteiger partial charge in [-0.25, -0.2) is 0 Å². The van der Waals surface area contributed by atoms with Crippen LogP contribution in [0, 0.1) is 0 Å². The molecule has 0 radical (unpaired) electrons. The lowest BCUT2D eigenvalue weighted by molar-refractivity contribution is 0.520. The van der Waals surface area contributed by atoms with Crippen molar-refractivity contribution in [2.75, 3.05) is 7.05 Å². The highest BCUT2D eigenvalue weighted by molar-refractivity contribution is 6.31. The Kier molecular flexibility index (Phi) is 5.00. The lowest BCUT2D eigenvalue weighted by Gasteiger charge is -2.16. The minimum absolute atomic E-state index is 0.431. The van der Waals surface area contributed by atoms with Gasteiger partial charge in [-0.3, -0.25) is 4.68 Å². The van der Waals surface area contributed by atoms with Gasteiger partial charge in [-0.05, 0) is 43.5 Å². The van der Waals surface area contributed by atoms with E-state index >= 15 is 0 Å². The van der Waals surface area contributed by atoms with Crippen LogP contribution in [0.15, 0.2) is 36.7 Å². The second kappa shape index (κ2) is 6.73. The van der Waals surface area contributed by atoms with E-state index in [9.17, 15) is 0 Å². The molecule has 1 heterocycles. The van der Waals surface area contributed by atoms with Crippen LogP contribution in [0.1, 0.15) is 17.5 Å². The third-order valence-electron chi connectivity index (χ3n) is 3.37. The fraction of sp³-hybridized carbons (Fsp3) is 0.400. The Morgan fingerprint density at radius 2 is 2.16 bits per heavy atom. The smallest absolute Gasteiger partial charge is 0.0521 e. The van der Waals surface area contributed by atoms with Crippen molar-refractivity contribution >= 4 is 11.6 Å². The number of hydrogen-bond acceptors (Lipinski definition) is 2. The van der Waals surface area contributed by atoms with Gasteiger partial charge in [0.2, 0.25) is 0 Å². The maximum atomic E-state index is 6.20. The first kappa shape index (κ1) is 14.1. The number of halogens is 1. The van der Waals surface area contributed by atoms with E-state index in [4.69, 9.17) is 11.6 Å². The first-order valence-electron chi connectivity index (χ1n) is 6.57. The average Bonchev–Trinajstić information content (AvgIpc) is 2.82. The Labute approximate surface area is 119 Å². The van der Waals surface area contributed by atoms with Gasteiger partial charge in [-0.15, -0.1) is 0 Å². The summed E-state index contributed by atoms with van der Waals surface area (Å²) in [6.07, 6.45) is 7.07. The molecular weight excluding hydrogens is 258 g/mol. The van der Waals surface area contributed by atoms with Gasteiger partial charge in [0.25, 0.3) is 0 Å². The molecule has 1 atom stereocenters. The molecule has 2 rings (SSSR count). The highest BCUT2D eigenvalue weighted by Gasteiger charge is 2.10. The number of hydrogen-bond donors (Lipinski definition) is 1. The van der Waals surface area contributed by atoms with Crippen LogP contribution in [0.3, 0.4) is 0 Å². The largest absolute Gasteiger partial charge is 0.317 e. The van der Waals surface area contributed by atoms with E-state index in [1.165, 1.54) is 11.1 Å². The summed E-state index contributed by atoms with van der Waals surface area (Å²) in [6, 6.07) is 8.48. The van der Waals surface area contributed by atoms with Gasteiger partial charge in [-0.2, -0.15) is 5.10 Å². The van der Waals surface area contributed by atoms with Gasteiger partial charge in [0.05, 0.1) is 6.20 Å². The molecule has 0 aliphatic heterocycles. The van der Waals surface area contributed by atoms with E-state index < -0.39 is 0 Å². The summed E-state index contributed by atoms with van der Waals surface area (Å²) < 4.78 is 1.85. The maximum Gasteiger partial charge on any atom is 0.0521 e. The molecule has 0 amide bonds. The van der Waals surface area contributed by atoms with Crippen LogP contribution >= 0.6 is 11.6 Å². The monoisotopic (exact) mass is 277 g/mol. The summed E-state index contributed by atoms with van der Waals surface area (Å²) in [7, 11) is 3.95. The Bertz CT molecular complexity index is 522. The van der Waals surface area contributed by atoms with Crippen LogP contribution in [0.5, 0.6) is 0 Å². The van der Waals surface area contributed by atoms with E-state index in [1.54, 1.807) is 0 Å². The van der Waals surface area contributed by atoms with Crippen molar-refractivity contribution in [2.45, 2.75) is 25.3 Å². The number of aromatic nitrogens is 2. The topological polar surface area (TPSA) is 29.9 Å². The van der Waals surface area contributed by atoms with E-state index in [0.717, 1.165) is 24.3 Å². The summed E-state index contributed by atoms with van der Waals surface area (Å²) in [5.74, 6) is 0. The second-order valence-electron chi connectivity index (χ2n) is 4.84. The molecule has 0 spiro atoms. The predicted molar refractivity (Wildman–Crippen MR) is 79.5 cm³/mol. The Hall–Kier alpha value is -1.32. The van der Waals surface area contributed by atoms with E-state index in [1.807, 2.05) is 43.2 Å². The fourth-order valence-electron chi connectivity index (χ4n) is 2.22. The standard InChI is InChI=1S/C15H20ClN3/c1-17-14(8-7-12-10-18-19(2)11-12)9-13-5-3-4-6-15(13)16/h3-6,10-11,14,17H,7-9H2,1-2H3.